The van der Waals surface area contributed by atoms with E-state index >= 15 is 4.39 Å². The number of nitrogens with zero attached hydrogens (tertiary/aromatic N) is 1. The maximum Gasteiger partial charge on any atom is 0.255 e. The van der Waals surface area contributed by atoms with E-state index in [-0.39, 0.29) is 42.1 Å². The van der Waals surface area contributed by atoms with Gasteiger partial charge in [0.2, 0.25) is 5.78 Å². The molecule has 5 rings (SSSR count). The van der Waals surface area contributed by atoms with Crippen LogP contribution >= 0.6 is 0 Å². The lowest BCUT2D eigenvalue weighted by Gasteiger charge is -2.49. The van der Waals surface area contributed by atoms with Crippen LogP contribution in [0.4, 0.5) is 4.39 Å². The molecule has 2 fully saturated rings. The van der Waals surface area contributed by atoms with Crippen LogP contribution in [0, 0.1) is 17.7 Å². The molecule has 10 nitrogen and oxygen atoms in total. The maximum atomic E-state index is 16.0. The second kappa shape index (κ2) is 9.18. The highest BCUT2D eigenvalue weighted by Crippen LogP contribution is 2.53. The lowest BCUT2D eigenvalue weighted by Crippen LogP contribution is -2.66. The smallest absolute Gasteiger partial charge is 0.255 e. The number of nitrogens with two attached hydrogens (primary N) is 1. The number of primary amides is 1. The van der Waals surface area contributed by atoms with Crippen molar-refractivity contribution in [2.75, 3.05) is 19.6 Å². The Balaban J connectivity index is 1.68. The minimum atomic E-state index is -2.72. The fourth-order valence-electron chi connectivity index (χ4n) is 7.00. The number of phenolic OH excluding ortho intramolecular Hbond substituents is 1. The molecule has 38 heavy (non-hydrogen) atoms. The average Bonchev–Trinajstić information content (AvgIpc) is 3.34. The van der Waals surface area contributed by atoms with Gasteiger partial charge in [-0.2, -0.15) is 0 Å². The number of Topliss-reactive ketones (excluding diaryl/α,β-unsaturated/α-hetero) is 2. The number of aliphatic hydroxyl groups excluding tert-OH is 2. The van der Waals surface area contributed by atoms with Gasteiger partial charge in [0.15, 0.2) is 11.4 Å². The number of benzene rings is 1. The Morgan fingerprint density at radius 3 is 2.61 bits per heavy atom. The van der Waals surface area contributed by atoms with Crippen LogP contribution in [0.15, 0.2) is 23.0 Å². The third kappa shape index (κ3) is 3.45. The molecule has 1 saturated carbocycles. The molecule has 1 aliphatic heterocycles. The lowest BCUT2D eigenvalue weighted by atomic mass is 9.57. The van der Waals surface area contributed by atoms with Gasteiger partial charge in [-0.1, -0.05) is 13.8 Å². The standard InChI is InChI=1S/C27H32FN3O7/c1-3-30-21-14-9-11-8-13-18(16(32)10-12(20(13)28)15-6-5-7-31(15)4-2)22(33)17(11)24(35)27(14,38)25(36)19(23(21)34)26(29)37/h10-11,14-15,21,30,32-33,36,38H,3-9H2,1-2H3,(H2,29,37)/t11-,14-,15?,21-,27-/m0/s1. The van der Waals surface area contributed by atoms with E-state index < -0.39 is 69.6 Å². The van der Waals surface area contributed by atoms with Crippen molar-refractivity contribution in [2.24, 2.45) is 17.6 Å². The number of carbonyl (C=O) groups is 3. The first-order chi connectivity index (χ1) is 18.0. The Morgan fingerprint density at radius 1 is 1.26 bits per heavy atom. The molecule has 1 unspecified atom stereocenters. The second-order valence-corrected chi connectivity index (χ2v) is 10.5. The van der Waals surface area contributed by atoms with Crippen molar-refractivity contribution in [1.29, 1.82) is 0 Å². The number of rotatable bonds is 5. The molecule has 3 aliphatic carbocycles. The van der Waals surface area contributed by atoms with E-state index in [1.807, 2.05) is 6.92 Å². The number of halogens is 1. The van der Waals surface area contributed by atoms with Crippen LogP contribution in [-0.4, -0.2) is 74.1 Å². The normalized spacial score (nSPS) is 31.4. The minimum absolute atomic E-state index is 0.0622. The summed E-state index contributed by atoms with van der Waals surface area (Å²) in [5.74, 6) is -8.11. The summed E-state index contributed by atoms with van der Waals surface area (Å²) >= 11 is 0. The zero-order valence-corrected chi connectivity index (χ0v) is 21.3. The van der Waals surface area contributed by atoms with E-state index in [2.05, 4.69) is 10.2 Å². The molecule has 1 aromatic carbocycles. The van der Waals surface area contributed by atoms with Gasteiger partial charge in [-0.15, -0.1) is 0 Å². The molecule has 7 N–H and O–H groups in total. The number of fused-ring (bicyclic) bond motifs is 3. The van der Waals surface area contributed by atoms with E-state index in [0.717, 1.165) is 13.0 Å². The molecule has 1 aromatic rings. The highest BCUT2D eigenvalue weighted by Gasteiger charge is 2.63. The maximum absolute atomic E-state index is 16.0. The number of carbonyl (C=O) groups excluding carboxylic acids is 3. The van der Waals surface area contributed by atoms with Crippen LogP contribution < -0.4 is 11.1 Å². The van der Waals surface area contributed by atoms with Gasteiger partial charge in [0.05, 0.1) is 11.6 Å². The summed E-state index contributed by atoms with van der Waals surface area (Å²) in [5, 5.41) is 47.4. The molecule has 1 heterocycles. The number of likely N-dealkylation sites (N-methyl/N-ethyl adjacent to an activating group) is 1. The zero-order chi connectivity index (χ0) is 27.7. The summed E-state index contributed by atoms with van der Waals surface area (Å²) < 4.78 is 16.0. The Kier molecular flexibility index (Phi) is 6.36. The Bertz CT molecular complexity index is 1320. The molecule has 204 valence electrons. The van der Waals surface area contributed by atoms with Crippen molar-refractivity contribution < 1.29 is 39.2 Å². The zero-order valence-electron chi connectivity index (χ0n) is 21.3. The molecule has 0 radical (unpaired) electrons. The Hall–Kier alpha value is -3.28. The minimum Gasteiger partial charge on any atom is -0.508 e. The number of amides is 1. The van der Waals surface area contributed by atoms with Gasteiger partial charge in [-0.25, -0.2) is 4.39 Å². The van der Waals surface area contributed by atoms with Crippen LogP contribution in [-0.2, 0) is 20.8 Å². The number of aliphatic hydroxyl groups is 3. The van der Waals surface area contributed by atoms with Crippen LogP contribution in [0.25, 0.3) is 5.76 Å². The number of phenols is 1. The molecule has 5 atom stereocenters. The number of ketones is 2. The van der Waals surface area contributed by atoms with E-state index in [4.69, 9.17) is 5.73 Å². The van der Waals surface area contributed by atoms with Crippen LogP contribution in [0.1, 0.15) is 55.8 Å². The van der Waals surface area contributed by atoms with Gasteiger partial charge in [-0.05, 0) is 57.3 Å². The monoisotopic (exact) mass is 529 g/mol. The lowest BCUT2D eigenvalue weighted by molar-refractivity contribution is -0.150. The fraction of sp³-hybridized carbons (Fsp3) is 0.519. The molecular formula is C27H32FN3O7. The van der Waals surface area contributed by atoms with Crippen LogP contribution in [0.2, 0.25) is 0 Å². The summed E-state index contributed by atoms with van der Waals surface area (Å²) in [5.41, 5.74) is 1.56. The van der Waals surface area contributed by atoms with Crippen molar-refractivity contribution in [2.45, 2.75) is 57.2 Å². The van der Waals surface area contributed by atoms with Crippen molar-refractivity contribution in [3.8, 4) is 5.75 Å². The van der Waals surface area contributed by atoms with E-state index in [1.165, 1.54) is 6.07 Å². The number of nitrogens with one attached hydrogen (secondary N) is 1. The van der Waals surface area contributed by atoms with E-state index in [9.17, 15) is 34.8 Å². The summed E-state index contributed by atoms with van der Waals surface area (Å²) in [4.78, 5) is 41.0. The van der Waals surface area contributed by atoms with Crippen LogP contribution in [0.5, 0.6) is 5.75 Å². The van der Waals surface area contributed by atoms with Gasteiger partial charge < -0.3 is 31.5 Å². The highest BCUT2D eigenvalue weighted by atomic mass is 19.1. The van der Waals surface area contributed by atoms with Crippen molar-refractivity contribution in [3.63, 3.8) is 0 Å². The third-order valence-electron chi connectivity index (χ3n) is 8.71. The second-order valence-electron chi connectivity index (χ2n) is 10.5. The van der Waals surface area contributed by atoms with E-state index in [1.54, 1.807) is 6.92 Å². The Morgan fingerprint density at radius 2 is 1.97 bits per heavy atom. The molecule has 0 spiro atoms. The largest absolute Gasteiger partial charge is 0.508 e. The van der Waals surface area contributed by atoms with E-state index in [0.29, 0.717) is 18.5 Å². The topological polar surface area (TPSA) is 173 Å². The third-order valence-corrected chi connectivity index (χ3v) is 8.71. The van der Waals surface area contributed by atoms with Gasteiger partial charge in [0, 0.05) is 28.7 Å². The number of hydrogen-bond donors (Lipinski definition) is 6. The molecule has 4 aliphatic rings. The number of hydrogen-bond acceptors (Lipinski definition) is 9. The first kappa shape index (κ1) is 26.3. The van der Waals surface area contributed by atoms with Gasteiger partial charge >= 0.3 is 0 Å². The number of likely N-dealkylation sites (tertiary alicyclic amines) is 1. The average molecular weight is 530 g/mol. The molecule has 1 saturated heterocycles. The van der Waals surface area contributed by atoms with Crippen LogP contribution in [0.3, 0.4) is 0 Å². The van der Waals surface area contributed by atoms with Crippen molar-refractivity contribution >= 4 is 23.2 Å². The summed E-state index contributed by atoms with van der Waals surface area (Å²) in [6.07, 6.45) is 1.44. The van der Waals surface area contributed by atoms with Crippen molar-refractivity contribution in [1.82, 2.24) is 10.2 Å². The Labute approximate surface area is 218 Å². The van der Waals surface area contributed by atoms with Gasteiger partial charge in [0.25, 0.3) is 5.91 Å². The first-order valence-corrected chi connectivity index (χ1v) is 13.0. The predicted molar refractivity (Wildman–Crippen MR) is 133 cm³/mol. The summed E-state index contributed by atoms with van der Waals surface area (Å²) in [6, 6.07) is -0.179. The van der Waals surface area contributed by atoms with Gasteiger partial charge in [0.1, 0.15) is 28.7 Å². The fourth-order valence-corrected chi connectivity index (χ4v) is 7.00. The predicted octanol–water partition coefficient (Wildman–Crippen LogP) is 1.31. The quantitative estimate of drug-likeness (QED) is 0.307. The summed E-state index contributed by atoms with van der Waals surface area (Å²) in [6.45, 7) is 5.42. The molecule has 1 amide bonds. The molecular weight excluding hydrogens is 497 g/mol. The SMILES string of the molecule is CCN[C@@H]1C(=O)C(C(N)=O)=C(O)[C@@]2(O)C(=O)C3=C(O)c4c(O)cc(C5CCCN5CC)c(F)c4C[C@H]3C[C@@H]12. The molecule has 0 aromatic heterocycles. The van der Waals surface area contributed by atoms with Gasteiger partial charge in [-0.3, -0.25) is 19.3 Å². The number of aromatic hydroxyl groups is 1. The molecule has 11 heteroatoms. The highest BCUT2D eigenvalue weighted by molar-refractivity contribution is 6.24. The molecule has 0 bridgehead atoms. The van der Waals surface area contributed by atoms with Crippen molar-refractivity contribution in [3.05, 3.63) is 45.5 Å². The summed E-state index contributed by atoms with van der Waals surface area (Å²) in [7, 11) is 0. The first-order valence-electron chi connectivity index (χ1n) is 13.0.